The van der Waals surface area contributed by atoms with Crippen molar-refractivity contribution in [3.8, 4) is 0 Å². The fourth-order valence-electron chi connectivity index (χ4n) is 10.2. The third kappa shape index (κ3) is 5.51. The molecular formula is C38H55NO9. The Morgan fingerprint density at radius 3 is 2.25 bits per heavy atom. The Balaban J connectivity index is 1.54. The summed E-state index contributed by atoms with van der Waals surface area (Å²) in [5.74, 6) is -2.24. The first-order valence-corrected chi connectivity index (χ1v) is 17.2. The van der Waals surface area contributed by atoms with Gasteiger partial charge in [0.2, 0.25) is 0 Å². The average Bonchev–Trinajstić information content (AvgIpc) is 2.99. The molecular weight excluding hydrogens is 614 g/mol. The number of ketones is 1. The van der Waals surface area contributed by atoms with Crippen molar-refractivity contribution in [1.82, 2.24) is 5.32 Å². The van der Waals surface area contributed by atoms with Gasteiger partial charge in [0.25, 0.3) is 0 Å². The normalized spacial score (nSPS) is 38.6. The quantitative estimate of drug-likeness (QED) is 0.272. The van der Waals surface area contributed by atoms with Crippen LogP contribution in [0, 0.1) is 34.0 Å². The molecule has 0 radical (unpaired) electrons. The van der Waals surface area contributed by atoms with Crippen molar-refractivity contribution in [1.29, 1.82) is 0 Å². The Hall–Kier alpha value is -2.79. The molecule has 5 rings (SSSR count). The SMILES string of the molecule is CO[C@H]1C[C@H]2OC[C@@]2(C)[C@H]2[C@H](C)[C@]3(O)C[C@H](OC(=O)[C@H](O)[C@@H](NC(=O)OC(C)(C)C)c4ccccc4)C(C)=C([C@@H](C)C(=O)[C@]12C)C3(C)C. The number of nitrogens with one attached hydrogen (secondary N) is 1. The number of amides is 1. The molecule has 48 heavy (non-hydrogen) atoms. The van der Waals surface area contributed by atoms with Gasteiger partial charge in [-0.25, -0.2) is 9.59 Å². The number of ether oxygens (including phenoxy) is 4. The van der Waals surface area contributed by atoms with Crippen LogP contribution in [-0.2, 0) is 28.5 Å². The van der Waals surface area contributed by atoms with Gasteiger partial charge in [0.15, 0.2) is 6.10 Å². The van der Waals surface area contributed by atoms with Crippen LogP contribution in [0.3, 0.4) is 0 Å². The van der Waals surface area contributed by atoms with Gasteiger partial charge < -0.3 is 34.5 Å². The van der Waals surface area contributed by atoms with Crippen LogP contribution < -0.4 is 5.32 Å². The third-order valence-electron chi connectivity index (χ3n) is 12.5. The largest absolute Gasteiger partial charge is 0.456 e. The number of methoxy groups -OCH3 is 1. The summed E-state index contributed by atoms with van der Waals surface area (Å²) in [5.41, 5.74) is -2.42. The Morgan fingerprint density at radius 1 is 1.08 bits per heavy atom. The molecule has 266 valence electrons. The van der Waals surface area contributed by atoms with E-state index in [0.29, 0.717) is 24.2 Å². The molecule has 1 aliphatic heterocycles. The number of hydrogen-bond donors (Lipinski definition) is 3. The first kappa shape index (κ1) is 36.5. The Kier molecular flexibility index (Phi) is 9.28. The summed E-state index contributed by atoms with van der Waals surface area (Å²) in [6.45, 7) is 19.5. The Bertz CT molecular complexity index is 1470. The molecule has 2 saturated carbocycles. The summed E-state index contributed by atoms with van der Waals surface area (Å²) in [6, 6.07) is 7.48. The molecule has 0 spiro atoms. The lowest BCUT2D eigenvalue weighted by atomic mass is 9.40. The second-order valence-corrected chi connectivity index (χ2v) is 16.7. The van der Waals surface area contributed by atoms with Gasteiger partial charge in [-0.1, -0.05) is 65.0 Å². The van der Waals surface area contributed by atoms with Crippen molar-refractivity contribution >= 4 is 17.8 Å². The minimum Gasteiger partial charge on any atom is -0.456 e. The van der Waals surface area contributed by atoms with Gasteiger partial charge in [0, 0.05) is 36.7 Å². The molecule has 3 aliphatic carbocycles. The average molecular weight is 670 g/mol. The number of aliphatic hydroxyl groups excluding tert-OH is 1. The van der Waals surface area contributed by atoms with Crippen LogP contribution in [0.25, 0.3) is 0 Å². The molecule has 1 amide bonds. The van der Waals surface area contributed by atoms with Crippen LogP contribution in [0.4, 0.5) is 4.79 Å². The number of carbonyl (C=O) groups is 3. The standard InChI is InChI=1S/C38H55NO9/c1-20-24(47-32(42)29(40)28(23-15-13-12-14-16-23)39-33(43)48-34(4,5)6)18-38(44)22(3)30-36(9)19-46-25(36)17-26(45-11)37(30,10)31(41)21(2)27(20)35(38,7)8/h12-16,21-22,24-26,28-30,40,44H,17-19H2,1-11H3,(H,39,43)/t21-,22+,24+,25-,26+,28+,29-,30-,36-,37-,38-/m1/s1. The van der Waals surface area contributed by atoms with Gasteiger partial charge in [-0.3, -0.25) is 4.79 Å². The number of benzene rings is 1. The fraction of sp³-hybridized carbons (Fsp3) is 0.711. The van der Waals surface area contributed by atoms with E-state index in [0.717, 1.165) is 5.57 Å². The van der Waals surface area contributed by atoms with Gasteiger partial charge in [-0.2, -0.15) is 0 Å². The molecule has 10 nitrogen and oxygen atoms in total. The first-order chi connectivity index (χ1) is 22.1. The number of Topliss-reactive ketones (excluding diaryl/α,β-unsaturated/α-hetero) is 1. The Labute approximate surface area is 284 Å². The van der Waals surface area contributed by atoms with Crippen molar-refractivity contribution < 1.29 is 43.5 Å². The molecule has 0 unspecified atom stereocenters. The monoisotopic (exact) mass is 669 g/mol. The Morgan fingerprint density at radius 2 is 1.71 bits per heavy atom. The molecule has 4 aliphatic rings. The molecule has 1 aromatic carbocycles. The highest BCUT2D eigenvalue weighted by Gasteiger charge is 2.72. The lowest BCUT2D eigenvalue weighted by molar-refractivity contribution is -0.303. The van der Waals surface area contributed by atoms with E-state index < -0.39 is 64.2 Å². The minimum atomic E-state index is -1.79. The van der Waals surface area contributed by atoms with E-state index in [4.69, 9.17) is 18.9 Å². The first-order valence-electron chi connectivity index (χ1n) is 17.2. The molecule has 10 heteroatoms. The van der Waals surface area contributed by atoms with E-state index in [-0.39, 0.29) is 35.7 Å². The van der Waals surface area contributed by atoms with Gasteiger partial charge >= 0.3 is 12.1 Å². The molecule has 1 aromatic rings. The molecule has 0 aromatic heterocycles. The van der Waals surface area contributed by atoms with Gasteiger partial charge in [0.05, 0.1) is 35.9 Å². The summed E-state index contributed by atoms with van der Waals surface area (Å²) in [4.78, 5) is 41.5. The second-order valence-electron chi connectivity index (χ2n) is 16.7. The summed E-state index contributed by atoms with van der Waals surface area (Å²) >= 11 is 0. The van der Waals surface area contributed by atoms with Crippen molar-refractivity contribution in [2.24, 2.45) is 34.0 Å². The van der Waals surface area contributed by atoms with Crippen molar-refractivity contribution in [2.45, 2.75) is 124 Å². The molecule has 1 heterocycles. The maximum absolute atomic E-state index is 14.9. The van der Waals surface area contributed by atoms with E-state index in [1.54, 1.807) is 58.2 Å². The summed E-state index contributed by atoms with van der Waals surface area (Å²) in [6.07, 6.45) is -3.34. The van der Waals surface area contributed by atoms with Crippen LogP contribution in [0.2, 0.25) is 0 Å². The maximum atomic E-state index is 14.9. The maximum Gasteiger partial charge on any atom is 0.408 e. The number of carbonyl (C=O) groups excluding carboxylic acids is 3. The number of hydrogen-bond acceptors (Lipinski definition) is 9. The number of alkyl carbamates (subject to hydrolysis) is 1. The van der Waals surface area contributed by atoms with Crippen LogP contribution >= 0.6 is 0 Å². The van der Waals surface area contributed by atoms with Crippen molar-refractivity contribution in [3.63, 3.8) is 0 Å². The highest BCUT2D eigenvalue weighted by Crippen LogP contribution is 2.67. The summed E-state index contributed by atoms with van der Waals surface area (Å²) < 4.78 is 23.6. The summed E-state index contributed by atoms with van der Waals surface area (Å²) in [7, 11) is 1.64. The molecule has 11 atom stereocenters. The van der Waals surface area contributed by atoms with E-state index in [2.05, 4.69) is 12.2 Å². The van der Waals surface area contributed by atoms with E-state index in [1.165, 1.54) is 0 Å². The number of fused-ring (bicyclic) bond motifs is 5. The van der Waals surface area contributed by atoms with E-state index >= 15 is 0 Å². The van der Waals surface area contributed by atoms with Crippen LogP contribution in [0.15, 0.2) is 41.5 Å². The second kappa shape index (κ2) is 12.2. The van der Waals surface area contributed by atoms with Crippen molar-refractivity contribution in [2.75, 3.05) is 13.7 Å². The zero-order chi connectivity index (χ0) is 35.8. The predicted octanol–water partition coefficient (Wildman–Crippen LogP) is 5.30. The molecule has 1 saturated heterocycles. The number of esters is 1. The van der Waals surface area contributed by atoms with Crippen LogP contribution in [0.5, 0.6) is 0 Å². The van der Waals surface area contributed by atoms with Crippen molar-refractivity contribution in [3.05, 3.63) is 47.0 Å². The molecule has 3 N–H and O–H groups in total. The van der Waals surface area contributed by atoms with E-state index in [1.807, 2.05) is 41.5 Å². The predicted molar refractivity (Wildman–Crippen MR) is 179 cm³/mol. The lowest BCUT2D eigenvalue weighted by Crippen LogP contribution is -2.74. The highest BCUT2D eigenvalue weighted by molar-refractivity contribution is 5.91. The fourth-order valence-corrected chi connectivity index (χ4v) is 10.2. The topological polar surface area (TPSA) is 141 Å². The number of rotatable bonds is 6. The zero-order valence-corrected chi connectivity index (χ0v) is 30.4. The van der Waals surface area contributed by atoms with Crippen LogP contribution in [0.1, 0.15) is 93.7 Å². The van der Waals surface area contributed by atoms with Crippen LogP contribution in [-0.4, -0.2) is 77.4 Å². The van der Waals surface area contributed by atoms with E-state index in [9.17, 15) is 24.6 Å². The molecule has 2 bridgehead atoms. The minimum absolute atomic E-state index is 0.0416. The lowest BCUT2D eigenvalue weighted by Gasteiger charge is -2.69. The highest BCUT2D eigenvalue weighted by atomic mass is 16.6. The number of aliphatic hydroxyl groups is 2. The van der Waals surface area contributed by atoms with Gasteiger partial charge in [0.1, 0.15) is 17.5 Å². The molecule has 3 fully saturated rings. The van der Waals surface area contributed by atoms with Gasteiger partial charge in [-0.05, 0) is 63.2 Å². The smallest absolute Gasteiger partial charge is 0.408 e. The zero-order valence-electron chi connectivity index (χ0n) is 30.4. The summed E-state index contributed by atoms with van der Waals surface area (Å²) in [5, 5.41) is 27.2. The third-order valence-corrected chi connectivity index (χ3v) is 12.5. The van der Waals surface area contributed by atoms with Gasteiger partial charge in [-0.15, -0.1) is 0 Å².